The average molecular weight is 507 g/mol. The van der Waals surface area contributed by atoms with Gasteiger partial charge in [-0.05, 0) is 42.8 Å². The molecule has 5 heterocycles. The van der Waals surface area contributed by atoms with Gasteiger partial charge in [-0.25, -0.2) is 14.4 Å². The van der Waals surface area contributed by atoms with Crippen molar-refractivity contribution in [3.8, 4) is 34.0 Å². The first-order chi connectivity index (χ1) is 18.6. The Morgan fingerprint density at radius 2 is 1.87 bits per heavy atom. The van der Waals surface area contributed by atoms with Crippen LogP contribution in [-0.2, 0) is 4.79 Å². The maximum Gasteiger partial charge on any atom is 0.224 e. The minimum absolute atomic E-state index is 0.0412. The molecule has 9 nitrogen and oxygen atoms in total. The Kier molecular flexibility index (Phi) is 6.04. The summed E-state index contributed by atoms with van der Waals surface area (Å²) in [4.78, 5) is 33.7. The van der Waals surface area contributed by atoms with Crippen molar-refractivity contribution in [1.82, 2.24) is 35.1 Å². The number of imidazole rings is 1. The van der Waals surface area contributed by atoms with Crippen molar-refractivity contribution in [2.45, 2.75) is 26.2 Å². The molecule has 0 radical (unpaired) electrons. The fourth-order valence-corrected chi connectivity index (χ4v) is 4.33. The second kappa shape index (κ2) is 9.81. The molecule has 6 rings (SSSR count). The van der Waals surface area contributed by atoms with Crippen LogP contribution in [0.15, 0.2) is 67.1 Å². The van der Waals surface area contributed by atoms with Crippen LogP contribution in [0.2, 0.25) is 0 Å². The number of aromatic nitrogens is 7. The fourth-order valence-electron chi connectivity index (χ4n) is 4.33. The van der Waals surface area contributed by atoms with Gasteiger partial charge >= 0.3 is 0 Å². The third-order valence-electron chi connectivity index (χ3n) is 6.24. The number of carbonyl (C=O) groups is 1. The van der Waals surface area contributed by atoms with E-state index >= 15 is 0 Å². The molecule has 0 atom stereocenters. The molecule has 1 amide bonds. The number of unbranched alkanes of at least 4 members (excludes halogenated alkanes) is 1. The van der Waals surface area contributed by atoms with E-state index in [1.165, 1.54) is 6.07 Å². The van der Waals surface area contributed by atoms with E-state index in [4.69, 9.17) is 9.97 Å². The third kappa shape index (κ3) is 4.36. The van der Waals surface area contributed by atoms with Crippen LogP contribution in [0.1, 0.15) is 26.2 Å². The average Bonchev–Trinajstić information content (AvgIpc) is 3.56. The summed E-state index contributed by atoms with van der Waals surface area (Å²) in [6.45, 7) is 2.05. The lowest BCUT2D eigenvalue weighted by atomic mass is 10.1. The summed E-state index contributed by atoms with van der Waals surface area (Å²) >= 11 is 0. The third-order valence-corrected chi connectivity index (χ3v) is 6.24. The first-order valence-electron chi connectivity index (χ1n) is 12.3. The SMILES string of the molecule is CCCCC(=O)Nc1cncc(-c2ccc3[nH]nc(-c4nc5c(-c6ccccc6F)nccc5[nH]4)c3n2)c1. The zero-order chi connectivity index (χ0) is 26.1. The maximum absolute atomic E-state index is 14.5. The van der Waals surface area contributed by atoms with Crippen molar-refractivity contribution in [3.63, 3.8) is 0 Å². The van der Waals surface area contributed by atoms with Crippen molar-refractivity contribution in [2.75, 3.05) is 5.32 Å². The molecule has 0 aliphatic carbocycles. The monoisotopic (exact) mass is 506 g/mol. The van der Waals surface area contributed by atoms with Gasteiger partial charge in [0, 0.05) is 29.9 Å². The molecule has 0 bridgehead atoms. The van der Waals surface area contributed by atoms with Crippen LogP contribution in [-0.4, -0.2) is 41.0 Å². The van der Waals surface area contributed by atoms with Crippen molar-refractivity contribution >= 4 is 33.7 Å². The van der Waals surface area contributed by atoms with Crippen molar-refractivity contribution in [3.05, 3.63) is 72.9 Å². The number of aromatic amines is 2. The van der Waals surface area contributed by atoms with Gasteiger partial charge in [-0.15, -0.1) is 0 Å². The van der Waals surface area contributed by atoms with Gasteiger partial charge in [0.1, 0.15) is 22.5 Å². The molecule has 188 valence electrons. The highest BCUT2D eigenvalue weighted by Crippen LogP contribution is 2.31. The minimum Gasteiger partial charge on any atom is -0.336 e. The van der Waals surface area contributed by atoms with Gasteiger partial charge < -0.3 is 10.3 Å². The molecule has 5 aromatic heterocycles. The summed E-state index contributed by atoms with van der Waals surface area (Å²) in [5.41, 5.74) is 5.96. The summed E-state index contributed by atoms with van der Waals surface area (Å²) in [7, 11) is 0. The van der Waals surface area contributed by atoms with Crippen LogP contribution in [0.5, 0.6) is 0 Å². The molecule has 6 aromatic rings. The maximum atomic E-state index is 14.5. The van der Waals surface area contributed by atoms with Gasteiger partial charge in [-0.3, -0.25) is 19.9 Å². The molecule has 10 heteroatoms. The van der Waals surface area contributed by atoms with Gasteiger partial charge in [0.2, 0.25) is 5.91 Å². The van der Waals surface area contributed by atoms with E-state index in [-0.39, 0.29) is 11.7 Å². The highest BCUT2D eigenvalue weighted by Gasteiger charge is 2.18. The zero-order valence-electron chi connectivity index (χ0n) is 20.5. The fraction of sp³-hybridized carbons (Fsp3) is 0.143. The summed E-state index contributed by atoms with van der Waals surface area (Å²) in [6.07, 6.45) is 7.18. The van der Waals surface area contributed by atoms with E-state index in [0.717, 1.165) is 23.9 Å². The number of halogens is 1. The number of anilines is 1. The zero-order valence-corrected chi connectivity index (χ0v) is 20.5. The molecule has 0 aliphatic heterocycles. The molecule has 0 spiro atoms. The summed E-state index contributed by atoms with van der Waals surface area (Å²) in [6, 6.07) is 13.9. The first-order valence-corrected chi connectivity index (χ1v) is 12.3. The number of nitrogens with one attached hydrogen (secondary N) is 3. The second-order valence-corrected chi connectivity index (χ2v) is 8.90. The van der Waals surface area contributed by atoms with Gasteiger partial charge in [0.15, 0.2) is 11.5 Å². The Labute approximate surface area is 216 Å². The van der Waals surface area contributed by atoms with Gasteiger partial charge in [0.25, 0.3) is 0 Å². The van der Waals surface area contributed by atoms with E-state index in [2.05, 4.69) is 30.5 Å². The Hall–Kier alpha value is -4.99. The number of hydrogen-bond donors (Lipinski definition) is 3. The van der Waals surface area contributed by atoms with E-state index in [1.54, 1.807) is 42.9 Å². The normalized spacial score (nSPS) is 11.3. The highest BCUT2D eigenvalue weighted by molar-refractivity contribution is 5.95. The van der Waals surface area contributed by atoms with Crippen LogP contribution in [0.3, 0.4) is 0 Å². The van der Waals surface area contributed by atoms with Crippen LogP contribution < -0.4 is 5.32 Å². The van der Waals surface area contributed by atoms with Gasteiger partial charge in [-0.2, -0.15) is 5.10 Å². The molecule has 0 aliphatic rings. The summed E-state index contributed by atoms with van der Waals surface area (Å²) < 4.78 is 14.5. The Morgan fingerprint density at radius 1 is 1.00 bits per heavy atom. The predicted molar refractivity (Wildman–Crippen MR) is 144 cm³/mol. The number of pyridine rings is 3. The number of hydrogen-bond acceptors (Lipinski definition) is 6. The van der Waals surface area contributed by atoms with Crippen LogP contribution >= 0.6 is 0 Å². The lowest BCUT2D eigenvalue weighted by molar-refractivity contribution is -0.116. The number of H-pyrrole nitrogens is 2. The summed E-state index contributed by atoms with van der Waals surface area (Å²) in [5.74, 6) is 0.0722. The number of rotatable bonds is 7. The molecule has 0 saturated carbocycles. The largest absolute Gasteiger partial charge is 0.336 e. The first kappa shape index (κ1) is 23.4. The van der Waals surface area contributed by atoms with Crippen molar-refractivity contribution in [1.29, 1.82) is 0 Å². The summed E-state index contributed by atoms with van der Waals surface area (Å²) in [5, 5.41) is 10.4. The molecular formula is C28H23FN8O. The van der Waals surface area contributed by atoms with E-state index in [1.807, 2.05) is 25.1 Å². The molecular weight excluding hydrogens is 483 g/mol. The smallest absolute Gasteiger partial charge is 0.224 e. The van der Waals surface area contributed by atoms with E-state index in [0.29, 0.717) is 57.1 Å². The predicted octanol–water partition coefficient (Wildman–Crippen LogP) is 5.89. The molecule has 0 unspecified atom stereocenters. The number of amides is 1. The lowest BCUT2D eigenvalue weighted by Gasteiger charge is -2.07. The Morgan fingerprint density at radius 3 is 2.74 bits per heavy atom. The number of fused-ring (bicyclic) bond motifs is 2. The molecule has 38 heavy (non-hydrogen) atoms. The topological polar surface area (TPSA) is 125 Å². The molecule has 0 saturated heterocycles. The van der Waals surface area contributed by atoms with E-state index in [9.17, 15) is 9.18 Å². The standard InChI is InChI=1S/C28H23FN8O/c1-2-3-8-23(38)32-17-13-16(14-30-15-17)20-9-10-22-26(33-20)27(37-36-22)28-34-21-11-12-31-24(25(21)35-28)18-6-4-5-7-19(18)29/h4-7,9-15H,2-3,8H2,1H3,(H,32,38)(H,34,35)(H,36,37). The molecule has 3 N–H and O–H groups in total. The van der Waals surface area contributed by atoms with E-state index < -0.39 is 0 Å². The number of benzene rings is 1. The molecule has 1 aromatic carbocycles. The highest BCUT2D eigenvalue weighted by atomic mass is 19.1. The van der Waals surface area contributed by atoms with Gasteiger partial charge in [0.05, 0.1) is 28.6 Å². The quantitative estimate of drug-likeness (QED) is 0.248. The van der Waals surface area contributed by atoms with Crippen LogP contribution in [0.25, 0.3) is 56.1 Å². The molecule has 0 fully saturated rings. The Bertz CT molecular complexity index is 1790. The van der Waals surface area contributed by atoms with Crippen LogP contribution in [0.4, 0.5) is 10.1 Å². The second-order valence-electron chi connectivity index (χ2n) is 8.90. The number of carbonyl (C=O) groups excluding carboxylic acids is 1. The van der Waals surface area contributed by atoms with Crippen molar-refractivity contribution < 1.29 is 9.18 Å². The van der Waals surface area contributed by atoms with Gasteiger partial charge in [-0.1, -0.05) is 25.5 Å². The number of nitrogens with zero attached hydrogens (tertiary/aromatic N) is 5. The lowest BCUT2D eigenvalue weighted by Crippen LogP contribution is -2.11. The minimum atomic E-state index is -0.369. The Balaban J connectivity index is 1.38. The van der Waals surface area contributed by atoms with Crippen molar-refractivity contribution in [2.24, 2.45) is 0 Å². The van der Waals surface area contributed by atoms with Crippen LogP contribution in [0, 0.1) is 5.82 Å².